The van der Waals surface area contributed by atoms with Crippen LogP contribution in [0.4, 0.5) is 0 Å². The van der Waals surface area contributed by atoms with Gasteiger partial charge in [-0.25, -0.2) is 14.8 Å². The lowest BCUT2D eigenvalue weighted by Crippen LogP contribution is -2.07. The summed E-state index contributed by atoms with van der Waals surface area (Å²) < 4.78 is 15.8. The van der Waals surface area contributed by atoms with Crippen LogP contribution in [-0.4, -0.2) is 35.3 Å². The van der Waals surface area contributed by atoms with Gasteiger partial charge in [-0.1, -0.05) is 28.1 Å². The summed E-state index contributed by atoms with van der Waals surface area (Å²) in [5, 5.41) is 10.1. The van der Waals surface area contributed by atoms with Crippen molar-refractivity contribution in [2.24, 2.45) is 0 Å². The smallest absolute Gasteiger partial charge is 0.339 e. The summed E-state index contributed by atoms with van der Waals surface area (Å²) in [6.45, 7) is 0. The van der Waals surface area contributed by atoms with Gasteiger partial charge in [-0.2, -0.15) is 0 Å². The molecule has 8 heteroatoms. The normalized spacial score (nSPS) is 11.0. The van der Waals surface area contributed by atoms with Crippen molar-refractivity contribution in [2.45, 2.75) is 5.33 Å². The predicted molar refractivity (Wildman–Crippen MR) is 90.4 cm³/mol. The van der Waals surface area contributed by atoms with Gasteiger partial charge in [-0.15, -0.1) is 0 Å². The Morgan fingerprint density at radius 1 is 1.29 bits per heavy atom. The van der Waals surface area contributed by atoms with Crippen molar-refractivity contribution in [1.29, 1.82) is 0 Å². The fourth-order valence-corrected chi connectivity index (χ4v) is 2.30. The number of hydrogen-bond donors (Lipinski definition) is 1. The second-order valence-corrected chi connectivity index (χ2v) is 5.08. The van der Waals surface area contributed by atoms with E-state index in [1.807, 2.05) is 18.2 Å². The molecule has 2 aromatic rings. The predicted octanol–water partition coefficient (Wildman–Crippen LogP) is 3.24. The highest BCUT2D eigenvalue weighted by Gasteiger charge is 2.24. The molecule has 0 fully saturated rings. The number of benzene rings is 1. The number of methoxy groups -OCH3 is 2. The van der Waals surface area contributed by atoms with Crippen LogP contribution in [0.15, 0.2) is 36.9 Å². The number of carboxylic acid groups (broad SMARTS) is 1. The fraction of sp³-hybridized carbons (Fsp3) is 0.188. The standard InChI is InChI=1S/C16H15BrN2O5/c1-22-8-12(16(20)21)13-14(23-2)18-9-19-15(13)24-11-5-3-4-10(6-11)7-17/h3-6,8-9H,7H2,1-2H3,(H,20,21)/b12-8-. The third-order valence-corrected chi connectivity index (χ3v) is 3.62. The molecule has 0 bridgehead atoms. The molecular weight excluding hydrogens is 380 g/mol. The molecule has 1 aromatic carbocycles. The third-order valence-electron chi connectivity index (χ3n) is 2.97. The lowest BCUT2D eigenvalue weighted by molar-refractivity contribution is -0.130. The number of aromatic nitrogens is 2. The number of nitrogens with zero attached hydrogens (tertiary/aromatic N) is 2. The highest BCUT2D eigenvalue weighted by atomic mass is 79.9. The molecule has 24 heavy (non-hydrogen) atoms. The minimum absolute atomic E-state index is 0.0549. The van der Waals surface area contributed by atoms with Crippen molar-refractivity contribution in [1.82, 2.24) is 9.97 Å². The molecule has 0 amide bonds. The Morgan fingerprint density at radius 2 is 2.04 bits per heavy atom. The average Bonchev–Trinajstić information content (AvgIpc) is 2.59. The van der Waals surface area contributed by atoms with Crippen molar-refractivity contribution in [3.05, 3.63) is 48.0 Å². The maximum absolute atomic E-state index is 11.5. The van der Waals surface area contributed by atoms with E-state index in [1.54, 1.807) is 6.07 Å². The SMILES string of the molecule is CO/C=C(\C(=O)O)c1c(OC)ncnc1Oc1cccc(CBr)c1. The van der Waals surface area contributed by atoms with Crippen LogP contribution in [0.25, 0.3) is 5.57 Å². The van der Waals surface area contributed by atoms with Gasteiger partial charge in [0.15, 0.2) is 0 Å². The van der Waals surface area contributed by atoms with Gasteiger partial charge >= 0.3 is 5.97 Å². The maximum atomic E-state index is 11.5. The number of carboxylic acids is 1. The van der Waals surface area contributed by atoms with Crippen LogP contribution in [0.1, 0.15) is 11.1 Å². The summed E-state index contributed by atoms with van der Waals surface area (Å²) in [5.41, 5.74) is 0.918. The summed E-state index contributed by atoms with van der Waals surface area (Å²) in [5.74, 6) is -0.582. The van der Waals surface area contributed by atoms with Gasteiger partial charge < -0.3 is 19.3 Å². The first kappa shape index (κ1) is 17.7. The molecule has 2 rings (SSSR count). The minimum atomic E-state index is -1.22. The highest BCUT2D eigenvalue weighted by molar-refractivity contribution is 9.08. The summed E-state index contributed by atoms with van der Waals surface area (Å²) in [7, 11) is 2.73. The lowest BCUT2D eigenvalue weighted by atomic mass is 10.1. The van der Waals surface area contributed by atoms with Crippen LogP contribution in [0.2, 0.25) is 0 Å². The largest absolute Gasteiger partial charge is 0.503 e. The summed E-state index contributed by atoms with van der Waals surface area (Å²) in [4.78, 5) is 19.5. The lowest BCUT2D eigenvalue weighted by Gasteiger charge is -2.13. The molecule has 0 radical (unpaired) electrons. The van der Waals surface area contributed by atoms with E-state index in [0.717, 1.165) is 11.8 Å². The van der Waals surface area contributed by atoms with Crippen LogP contribution in [0.3, 0.4) is 0 Å². The zero-order valence-electron chi connectivity index (χ0n) is 13.0. The van der Waals surface area contributed by atoms with Gasteiger partial charge in [0.05, 0.1) is 20.5 Å². The first-order valence-electron chi connectivity index (χ1n) is 6.79. The first-order chi connectivity index (χ1) is 11.6. The average molecular weight is 395 g/mol. The second-order valence-electron chi connectivity index (χ2n) is 4.52. The van der Waals surface area contributed by atoms with Gasteiger partial charge in [0.1, 0.15) is 23.2 Å². The maximum Gasteiger partial charge on any atom is 0.339 e. The molecule has 0 saturated heterocycles. The minimum Gasteiger partial charge on any atom is -0.503 e. The number of halogens is 1. The van der Waals surface area contributed by atoms with Crippen LogP contribution < -0.4 is 9.47 Å². The number of rotatable bonds is 7. The number of hydrogen-bond acceptors (Lipinski definition) is 6. The van der Waals surface area contributed by atoms with Crippen molar-refractivity contribution >= 4 is 27.5 Å². The van der Waals surface area contributed by atoms with Gasteiger partial charge in [0.25, 0.3) is 0 Å². The summed E-state index contributed by atoms with van der Waals surface area (Å²) >= 11 is 3.37. The molecule has 0 aliphatic rings. The van der Waals surface area contributed by atoms with Crippen LogP contribution in [-0.2, 0) is 14.9 Å². The molecule has 0 spiro atoms. The molecule has 7 nitrogen and oxygen atoms in total. The van der Waals surface area contributed by atoms with E-state index < -0.39 is 5.97 Å². The number of aliphatic carboxylic acids is 1. The van der Waals surface area contributed by atoms with Crippen LogP contribution in [0, 0.1) is 0 Å². The molecule has 1 N–H and O–H groups in total. The zero-order valence-corrected chi connectivity index (χ0v) is 14.6. The van der Waals surface area contributed by atoms with Crippen molar-refractivity contribution < 1.29 is 24.1 Å². The molecule has 1 aromatic heterocycles. The molecular formula is C16H15BrN2O5. The second kappa shape index (κ2) is 8.30. The van der Waals surface area contributed by atoms with Gasteiger partial charge in [0.2, 0.25) is 11.8 Å². The Hall–Kier alpha value is -2.61. The molecule has 0 atom stereocenters. The molecule has 0 saturated carbocycles. The first-order valence-corrected chi connectivity index (χ1v) is 7.91. The van der Waals surface area contributed by atoms with Gasteiger partial charge in [0, 0.05) is 5.33 Å². The van der Waals surface area contributed by atoms with Gasteiger partial charge in [-0.3, -0.25) is 0 Å². The Bertz CT molecular complexity index is 764. The molecule has 1 heterocycles. The van der Waals surface area contributed by atoms with E-state index in [4.69, 9.17) is 14.2 Å². The van der Waals surface area contributed by atoms with Crippen molar-refractivity contribution in [2.75, 3.05) is 14.2 Å². The molecule has 0 aliphatic carbocycles. The highest BCUT2D eigenvalue weighted by Crippen LogP contribution is 2.34. The Kier molecular flexibility index (Phi) is 6.14. The van der Waals surface area contributed by atoms with Crippen LogP contribution >= 0.6 is 15.9 Å². The van der Waals surface area contributed by atoms with Crippen LogP contribution in [0.5, 0.6) is 17.5 Å². The van der Waals surface area contributed by atoms with E-state index in [9.17, 15) is 9.90 Å². The number of carbonyl (C=O) groups is 1. The van der Waals surface area contributed by atoms with E-state index in [1.165, 1.54) is 20.5 Å². The number of ether oxygens (including phenoxy) is 3. The van der Waals surface area contributed by atoms with E-state index in [2.05, 4.69) is 25.9 Å². The quantitative estimate of drug-likeness (QED) is 0.437. The summed E-state index contributed by atoms with van der Waals surface area (Å²) in [6.07, 6.45) is 2.31. The van der Waals surface area contributed by atoms with Crippen molar-refractivity contribution in [3.8, 4) is 17.5 Å². The van der Waals surface area contributed by atoms with E-state index in [0.29, 0.717) is 11.1 Å². The fourth-order valence-electron chi connectivity index (χ4n) is 1.95. The Balaban J connectivity index is 2.53. The monoisotopic (exact) mass is 394 g/mol. The van der Waals surface area contributed by atoms with E-state index >= 15 is 0 Å². The summed E-state index contributed by atoms with van der Waals surface area (Å²) in [6, 6.07) is 7.31. The number of alkyl halides is 1. The topological polar surface area (TPSA) is 90.8 Å². The van der Waals surface area contributed by atoms with Crippen molar-refractivity contribution in [3.63, 3.8) is 0 Å². The Morgan fingerprint density at radius 3 is 2.67 bits per heavy atom. The molecule has 126 valence electrons. The van der Waals surface area contributed by atoms with E-state index in [-0.39, 0.29) is 22.9 Å². The molecule has 0 aliphatic heterocycles. The zero-order chi connectivity index (χ0) is 17.5. The molecule has 0 unspecified atom stereocenters. The van der Waals surface area contributed by atoms with Gasteiger partial charge in [-0.05, 0) is 17.7 Å². The Labute approximate surface area is 147 Å². The third kappa shape index (κ3) is 4.02.